The molecule has 0 aliphatic heterocycles. The zero-order valence-electron chi connectivity index (χ0n) is 12.6. The van der Waals surface area contributed by atoms with E-state index in [9.17, 15) is 4.79 Å². The van der Waals surface area contributed by atoms with Crippen LogP contribution in [0.2, 0.25) is 5.02 Å². The van der Waals surface area contributed by atoms with Gasteiger partial charge in [0.2, 0.25) is 11.1 Å². The summed E-state index contributed by atoms with van der Waals surface area (Å²) in [5.41, 5.74) is 0.879. The Balaban J connectivity index is 1.93. The van der Waals surface area contributed by atoms with Gasteiger partial charge in [-0.3, -0.25) is 9.89 Å². The average Bonchev–Trinajstić information content (AvgIpc) is 3.03. The highest BCUT2D eigenvalue weighted by Gasteiger charge is 2.13. The van der Waals surface area contributed by atoms with Gasteiger partial charge >= 0.3 is 0 Å². The normalized spacial score (nSPS) is 10.3. The van der Waals surface area contributed by atoms with Crippen LogP contribution in [0.25, 0.3) is 11.4 Å². The molecule has 0 aliphatic rings. The van der Waals surface area contributed by atoms with Crippen molar-refractivity contribution in [2.45, 2.75) is 18.5 Å². The van der Waals surface area contributed by atoms with Gasteiger partial charge in [-0.25, -0.2) is 4.98 Å². The van der Waals surface area contributed by atoms with Crippen molar-refractivity contribution in [3.05, 3.63) is 29.3 Å². The molecule has 6 nitrogen and oxygen atoms in total. The van der Waals surface area contributed by atoms with E-state index in [2.05, 4.69) is 15.2 Å². The molecule has 1 aromatic heterocycles. The summed E-state index contributed by atoms with van der Waals surface area (Å²) < 4.78 is 0. The number of halogens is 1. The number of benzene rings is 1. The largest absolute Gasteiger partial charge is 0.341 e. The standard InChI is InChI=1S/C15H16ClN5OS/c1-2-21(9-3-8-17)13(22)10-23-15-18-14(19-20-15)11-4-6-12(16)7-5-11/h4-7H,2-3,9-10H2,1H3,(H,18,19,20). The van der Waals surface area contributed by atoms with Gasteiger partial charge in [0, 0.05) is 23.7 Å². The Morgan fingerprint density at radius 2 is 2.17 bits per heavy atom. The number of nitriles is 1. The zero-order chi connectivity index (χ0) is 16.7. The van der Waals surface area contributed by atoms with E-state index in [1.165, 1.54) is 11.8 Å². The van der Waals surface area contributed by atoms with E-state index >= 15 is 0 Å². The number of thioether (sulfide) groups is 1. The Labute approximate surface area is 143 Å². The minimum Gasteiger partial charge on any atom is -0.341 e. The number of H-pyrrole nitrogens is 1. The summed E-state index contributed by atoms with van der Waals surface area (Å²) in [6, 6.07) is 9.31. The number of rotatable bonds is 7. The summed E-state index contributed by atoms with van der Waals surface area (Å²) in [5.74, 6) is 0.857. The lowest BCUT2D eigenvalue weighted by Crippen LogP contribution is -2.33. The molecular formula is C15H16ClN5OS. The number of hydrogen-bond donors (Lipinski definition) is 1. The van der Waals surface area contributed by atoms with Crippen molar-refractivity contribution >= 4 is 29.3 Å². The minimum atomic E-state index is -0.0226. The molecule has 120 valence electrons. The molecule has 0 saturated heterocycles. The molecule has 0 radical (unpaired) electrons. The summed E-state index contributed by atoms with van der Waals surface area (Å²) in [4.78, 5) is 18.1. The van der Waals surface area contributed by atoms with Gasteiger partial charge in [-0.2, -0.15) is 5.26 Å². The quantitative estimate of drug-likeness (QED) is 0.776. The number of amides is 1. The smallest absolute Gasteiger partial charge is 0.233 e. The minimum absolute atomic E-state index is 0.0226. The fraction of sp³-hybridized carbons (Fsp3) is 0.333. The molecule has 0 fully saturated rings. The molecule has 0 aliphatic carbocycles. The predicted octanol–water partition coefficient (Wildman–Crippen LogP) is 2.98. The van der Waals surface area contributed by atoms with Crippen LogP contribution < -0.4 is 0 Å². The fourth-order valence-electron chi connectivity index (χ4n) is 1.91. The second-order valence-electron chi connectivity index (χ2n) is 4.64. The Bertz CT molecular complexity index is 695. The van der Waals surface area contributed by atoms with Gasteiger partial charge in [-0.15, -0.1) is 5.10 Å². The first kappa shape index (κ1) is 17.3. The Morgan fingerprint density at radius 3 is 2.83 bits per heavy atom. The number of carbonyl (C=O) groups is 1. The molecule has 2 aromatic rings. The number of nitrogens with one attached hydrogen (secondary N) is 1. The SMILES string of the molecule is CCN(CCC#N)C(=O)CSc1n[nH]c(-c2ccc(Cl)cc2)n1. The van der Waals surface area contributed by atoms with E-state index in [4.69, 9.17) is 16.9 Å². The molecule has 1 N–H and O–H groups in total. The summed E-state index contributed by atoms with van der Waals surface area (Å²) in [5, 5.41) is 16.7. The van der Waals surface area contributed by atoms with Gasteiger partial charge in [0.15, 0.2) is 5.82 Å². The molecule has 23 heavy (non-hydrogen) atoms. The molecule has 8 heteroatoms. The van der Waals surface area contributed by atoms with Crippen molar-refractivity contribution in [1.82, 2.24) is 20.1 Å². The molecule has 1 aromatic carbocycles. The summed E-state index contributed by atoms with van der Waals surface area (Å²) >= 11 is 7.13. The lowest BCUT2D eigenvalue weighted by molar-refractivity contribution is -0.128. The van der Waals surface area contributed by atoms with Crippen molar-refractivity contribution < 1.29 is 4.79 Å². The van der Waals surface area contributed by atoms with Crippen molar-refractivity contribution in [2.24, 2.45) is 0 Å². The molecular weight excluding hydrogens is 334 g/mol. The van der Waals surface area contributed by atoms with Gasteiger partial charge in [0.1, 0.15) is 0 Å². The molecule has 0 unspecified atom stereocenters. The fourth-order valence-corrected chi connectivity index (χ4v) is 2.74. The van der Waals surface area contributed by atoms with E-state index in [0.29, 0.717) is 35.5 Å². The van der Waals surface area contributed by atoms with Crippen molar-refractivity contribution in [2.75, 3.05) is 18.8 Å². The topological polar surface area (TPSA) is 85.7 Å². The van der Waals surface area contributed by atoms with Crippen LogP contribution in [0.4, 0.5) is 0 Å². The lowest BCUT2D eigenvalue weighted by Gasteiger charge is -2.18. The van der Waals surface area contributed by atoms with Crippen LogP contribution in [-0.2, 0) is 4.79 Å². The van der Waals surface area contributed by atoms with Gasteiger partial charge in [0.05, 0.1) is 18.2 Å². The van der Waals surface area contributed by atoms with Gasteiger partial charge in [-0.1, -0.05) is 23.4 Å². The Kier molecular flexibility index (Phi) is 6.44. The highest BCUT2D eigenvalue weighted by atomic mass is 35.5. The third kappa shape index (κ3) is 4.98. The molecule has 0 saturated carbocycles. The Hall–Kier alpha value is -2.04. The van der Waals surface area contributed by atoms with E-state index in [0.717, 1.165) is 5.56 Å². The number of hydrogen-bond acceptors (Lipinski definition) is 5. The van der Waals surface area contributed by atoms with Crippen LogP contribution in [-0.4, -0.2) is 44.8 Å². The van der Waals surface area contributed by atoms with Crippen LogP contribution in [0.3, 0.4) is 0 Å². The first-order chi connectivity index (χ1) is 11.1. The van der Waals surface area contributed by atoms with Crippen LogP contribution in [0.5, 0.6) is 0 Å². The van der Waals surface area contributed by atoms with Crippen LogP contribution in [0, 0.1) is 11.3 Å². The van der Waals surface area contributed by atoms with Gasteiger partial charge < -0.3 is 4.90 Å². The maximum absolute atomic E-state index is 12.1. The monoisotopic (exact) mass is 349 g/mol. The van der Waals surface area contributed by atoms with Crippen molar-refractivity contribution in [3.8, 4) is 17.5 Å². The van der Waals surface area contributed by atoms with Gasteiger partial charge in [-0.05, 0) is 31.2 Å². The number of aromatic nitrogens is 3. The maximum Gasteiger partial charge on any atom is 0.233 e. The highest BCUT2D eigenvalue weighted by molar-refractivity contribution is 7.99. The van der Waals surface area contributed by atoms with Crippen LogP contribution >= 0.6 is 23.4 Å². The third-order valence-electron chi connectivity index (χ3n) is 3.14. The molecule has 1 heterocycles. The summed E-state index contributed by atoms with van der Waals surface area (Å²) in [7, 11) is 0. The summed E-state index contributed by atoms with van der Waals surface area (Å²) in [6.45, 7) is 2.94. The molecule has 2 rings (SSSR count). The summed E-state index contributed by atoms with van der Waals surface area (Å²) in [6.07, 6.45) is 0.339. The average molecular weight is 350 g/mol. The molecule has 1 amide bonds. The second kappa shape index (κ2) is 8.56. The Morgan fingerprint density at radius 1 is 1.43 bits per heavy atom. The van der Waals surface area contributed by atoms with Crippen LogP contribution in [0.15, 0.2) is 29.4 Å². The first-order valence-electron chi connectivity index (χ1n) is 7.10. The zero-order valence-corrected chi connectivity index (χ0v) is 14.2. The highest BCUT2D eigenvalue weighted by Crippen LogP contribution is 2.21. The molecule has 0 spiro atoms. The lowest BCUT2D eigenvalue weighted by atomic mass is 10.2. The third-order valence-corrected chi connectivity index (χ3v) is 4.22. The van der Waals surface area contributed by atoms with E-state index in [1.807, 2.05) is 25.1 Å². The predicted molar refractivity (Wildman–Crippen MR) is 90.0 cm³/mol. The maximum atomic E-state index is 12.1. The number of carbonyl (C=O) groups excluding carboxylic acids is 1. The van der Waals surface area contributed by atoms with E-state index < -0.39 is 0 Å². The molecule has 0 bridgehead atoms. The molecule has 0 atom stereocenters. The van der Waals surface area contributed by atoms with Gasteiger partial charge in [0.25, 0.3) is 0 Å². The van der Waals surface area contributed by atoms with Crippen molar-refractivity contribution in [3.63, 3.8) is 0 Å². The number of aromatic amines is 1. The van der Waals surface area contributed by atoms with Crippen LogP contribution in [0.1, 0.15) is 13.3 Å². The van der Waals surface area contributed by atoms with Crippen molar-refractivity contribution in [1.29, 1.82) is 5.26 Å². The number of nitrogens with zero attached hydrogens (tertiary/aromatic N) is 4. The second-order valence-corrected chi connectivity index (χ2v) is 6.02. The first-order valence-corrected chi connectivity index (χ1v) is 8.46. The van der Waals surface area contributed by atoms with E-state index in [1.54, 1.807) is 17.0 Å². The van der Waals surface area contributed by atoms with E-state index in [-0.39, 0.29) is 11.7 Å².